The Morgan fingerprint density at radius 2 is 1.68 bits per heavy atom. The highest BCUT2D eigenvalue weighted by atomic mass is 32.2. The zero-order chi connectivity index (χ0) is 14.8. The maximum Gasteiger partial charge on any atom is 0.470 e. The molecular weight excluding hydrogens is 289 g/mol. The molecule has 0 saturated heterocycles. The number of rotatable bonds is 0. The SMILES string of the molecule is NC(=O)C(F)(F)F.O=C1NS(=O)(=O)c2ccccc21. The predicted molar refractivity (Wildman–Crippen MR) is 56.3 cm³/mol. The Kier molecular flexibility index (Phi) is 3.84. The van der Waals surface area contributed by atoms with Crippen LogP contribution in [0.2, 0.25) is 0 Å². The van der Waals surface area contributed by atoms with Crippen molar-refractivity contribution in [2.75, 3.05) is 0 Å². The quantitative estimate of drug-likeness (QED) is 0.710. The van der Waals surface area contributed by atoms with E-state index in [1.165, 1.54) is 12.1 Å². The number of sulfonamides is 1. The normalized spacial score (nSPS) is 15.8. The molecule has 19 heavy (non-hydrogen) atoms. The number of primary amides is 1. The monoisotopic (exact) mass is 296 g/mol. The second-order valence-electron chi connectivity index (χ2n) is 3.29. The van der Waals surface area contributed by atoms with Crippen molar-refractivity contribution in [1.29, 1.82) is 0 Å². The summed E-state index contributed by atoms with van der Waals surface area (Å²) in [6.45, 7) is 0. The van der Waals surface area contributed by atoms with Crippen LogP contribution < -0.4 is 10.5 Å². The molecule has 1 aliphatic rings. The number of fused-ring (bicyclic) bond motifs is 1. The molecule has 3 N–H and O–H groups in total. The molecule has 1 aliphatic heterocycles. The maximum atomic E-state index is 11.1. The third-order valence-electron chi connectivity index (χ3n) is 1.93. The highest BCUT2D eigenvalue weighted by Gasteiger charge is 2.35. The van der Waals surface area contributed by atoms with Crippen molar-refractivity contribution in [3.05, 3.63) is 29.8 Å². The molecule has 0 radical (unpaired) electrons. The van der Waals surface area contributed by atoms with Crippen molar-refractivity contribution in [2.45, 2.75) is 11.1 Å². The van der Waals surface area contributed by atoms with Crippen LogP contribution in [0, 0.1) is 0 Å². The van der Waals surface area contributed by atoms with E-state index in [0.717, 1.165) is 0 Å². The van der Waals surface area contributed by atoms with Gasteiger partial charge in [0.15, 0.2) is 0 Å². The summed E-state index contributed by atoms with van der Waals surface area (Å²) in [5.41, 5.74) is 4.03. The molecule has 2 amide bonds. The van der Waals surface area contributed by atoms with E-state index in [0.29, 0.717) is 0 Å². The Labute approximate surface area is 105 Å². The van der Waals surface area contributed by atoms with Crippen LogP contribution in [0.5, 0.6) is 0 Å². The number of carbonyl (C=O) groups is 2. The van der Waals surface area contributed by atoms with Crippen LogP contribution in [0.1, 0.15) is 10.4 Å². The molecule has 104 valence electrons. The molecule has 10 heteroatoms. The first-order valence-corrected chi connectivity index (χ1v) is 6.07. The molecule has 6 nitrogen and oxygen atoms in total. The number of nitrogens with two attached hydrogens (primary N) is 1. The first kappa shape index (κ1) is 15.0. The Morgan fingerprint density at radius 3 is 2.11 bits per heavy atom. The highest BCUT2D eigenvalue weighted by Crippen LogP contribution is 2.20. The van der Waals surface area contributed by atoms with Crippen LogP contribution in [0.25, 0.3) is 0 Å². The minimum Gasteiger partial charge on any atom is -0.362 e. The summed E-state index contributed by atoms with van der Waals surface area (Å²) in [5.74, 6) is -2.81. The van der Waals surface area contributed by atoms with Crippen molar-refractivity contribution in [2.24, 2.45) is 5.73 Å². The van der Waals surface area contributed by atoms with Crippen molar-refractivity contribution in [3.63, 3.8) is 0 Å². The van der Waals surface area contributed by atoms with Crippen molar-refractivity contribution < 1.29 is 31.2 Å². The molecular formula is C9H7F3N2O4S. The topological polar surface area (TPSA) is 106 Å². The Bertz CT molecular complexity index is 625. The van der Waals surface area contributed by atoms with E-state index in [1.807, 2.05) is 4.72 Å². The number of hydrogen-bond acceptors (Lipinski definition) is 4. The third kappa shape index (κ3) is 3.44. The molecule has 0 unspecified atom stereocenters. The fourth-order valence-corrected chi connectivity index (χ4v) is 2.29. The number of halogens is 3. The van der Waals surface area contributed by atoms with E-state index in [1.54, 1.807) is 12.1 Å². The zero-order valence-electron chi connectivity index (χ0n) is 9.06. The zero-order valence-corrected chi connectivity index (χ0v) is 9.88. The van der Waals surface area contributed by atoms with Gasteiger partial charge in [0.05, 0.1) is 5.56 Å². The lowest BCUT2D eigenvalue weighted by Gasteiger charge is -1.95. The average Bonchev–Trinajstić information content (AvgIpc) is 2.50. The van der Waals surface area contributed by atoms with E-state index >= 15 is 0 Å². The number of alkyl halides is 3. The second-order valence-corrected chi connectivity index (χ2v) is 4.94. The van der Waals surface area contributed by atoms with Crippen LogP contribution in [-0.4, -0.2) is 26.4 Å². The fraction of sp³-hybridized carbons (Fsp3) is 0.111. The molecule has 2 rings (SSSR count). The first-order valence-electron chi connectivity index (χ1n) is 4.58. The molecule has 1 heterocycles. The number of amides is 2. The summed E-state index contributed by atoms with van der Waals surface area (Å²) in [5, 5.41) is 0. The second kappa shape index (κ2) is 4.88. The smallest absolute Gasteiger partial charge is 0.362 e. The Morgan fingerprint density at radius 1 is 1.21 bits per heavy atom. The lowest BCUT2D eigenvalue weighted by molar-refractivity contribution is -0.169. The molecule has 1 aromatic rings. The lowest BCUT2D eigenvalue weighted by Crippen LogP contribution is -2.30. The van der Waals surface area contributed by atoms with Gasteiger partial charge in [0.1, 0.15) is 4.90 Å². The summed E-state index contributed by atoms with van der Waals surface area (Å²) in [4.78, 5) is 20.2. The maximum absolute atomic E-state index is 11.1. The van der Waals surface area contributed by atoms with Crippen LogP contribution in [0.4, 0.5) is 13.2 Å². The number of carbonyl (C=O) groups excluding carboxylic acids is 2. The van der Waals surface area contributed by atoms with Gasteiger partial charge in [-0.2, -0.15) is 13.2 Å². The van der Waals surface area contributed by atoms with Gasteiger partial charge in [-0.15, -0.1) is 0 Å². The molecule has 0 bridgehead atoms. The Hall–Kier alpha value is -2.10. The van der Waals surface area contributed by atoms with E-state index in [9.17, 15) is 26.4 Å². The van der Waals surface area contributed by atoms with E-state index in [2.05, 4.69) is 5.73 Å². The van der Waals surface area contributed by atoms with E-state index in [-0.39, 0.29) is 10.5 Å². The number of nitrogens with one attached hydrogen (secondary N) is 1. The number of benzene rings is 1. The van der Waals surface area contributed by atoms with Gasteiger partial charge >= 0.3 is 12.1 Å². The predicted octanol–water partition coefficient (Wildman–Crippen LogP) is 0.153. The molecule has 0 aromatic heterocycles. The summed E-state index contributed by atoms with van der Waals surface area (Å²) in [7, 11) is -3.55. The molecule has 0 spiro atoms. The highest BCUT2D eigenvalue weighted by molar-refractivity contribution is 7.90. The summed E-state index contributed by atoms with van der Waals surface area (Å²) >= 11 is 0. The van der Waals surface area contributed by atoms with Gasteiger partial charge < -0.3 is 5.73 Å². The molecule has 0 saturated carbocycles. The standard InChI is InChI=1S/C7H5NO3S.C2H2F3NO/c9-7-5-3-1-2-4-6(5)12(10,11)8-7;3-2(4,5)1(6)7/h1-4H,(H,8,9);(H2,6,7). The van der Waals surface area contributed by atoms with Crippen LogP contribution in [0.15, 0.2) is 29.2 Å². The van der Waals surface area contributed by atoms with Crippen LogP contribution in [0.3, 0.4) is 0 Å². The largest absolute Gasteiger partial charge is 0.470 e. The minimum absolute atomic E-state index is 0.0648. The molecule has 0 atom stereocenters. The van der Waals surface area contributed by atoms with Crippen LogP contribution in [-0.2, 0) is 14.8 Å². The van der Waals surface area contributed by atoms with E-state index < -0.39 is 28.0 Å². The lowest BCUT2D eigenvalue weighted by atomic mass is 10.2. The van der Waals surface area contributed by atoms with Gasteiger partial charge in [-0.05, 0) is 12.1 Å². The average molecular weight is 296 g/mol. The first-order chi connectivity index (χ1) is 8.55. The summed E-state index contributed by atoms with van der Waals surface area (Å²) in [6, 6.07) is 6.09. The van der Waals surface area contributed by atoms with Crippen molar-refractivity contribution >= 4 is 21.8 Å². The van der Waals surface area contributed by atoms with Gasteiger partial charge in [0.25, 0.3) is 15.9 Å². The van der Waals surface area contributed by atoms with Gasteiger partial charge in [0.2, 0.25) is 0 Å². The third-order valence-corrected chi connectivity index (χ3v) is 3.32. The molecule has 1 aromatic carbocycles. The summed E-state index contributed by atoms with van der Waals surface area (Å²) in [6.07, 6.45) is -4.86. The van der Waals surface area contributed by atoms with Gasteiger partial charge in [0, 0.05) is 0 Å². The van der Waals surface area contributed by atoms with Gasteiger partial charge in [-0.25, -0.2) is 13.1 Å². The van der Waals surface area contributed by atoms with Crippen molar-refractivity contribution in [1.82, 2.24) is 4.72 Å². The fourth-order valence-electron chi connectivity index (χ4n) is 1.12. The van der Waals surface area contributed by atoms with Crippen molar-refractivity contribution in [3.8, 4) is 0 Å². The van der Waals surface area contributed by atoms with Gasteiger partial charge in [-0.3, -0.25) is 9.59 Å². The van der Waals surface area contributed by atoms with E-state index in [4.69, 9.17) is 4.79 Å². The minimum atomic E-state index is -4.86. The number of hydrogen-bond donors (Lipinski definition) is 2. The Balaban J connectivity index is 0.000000224. The summed E-state index contributed by atoms with van der Waals surface area (Å²) < 4.78 is 56.3. The molecule has 0 aliphatic carbocycles. The van der Waals surface area contributed by atoms with Gasteiger partial charge in [-0.1, -0.05) is 12.1 Å². The van der Waals surface area contributed by atoms with Crippen LogP contribution >= 0.6 is 0 Å². The molecule has 0 fully saturated rings.